The second kappa shape index (κ2) is 5.68. The van der Waals surface area contributed by atoms with E-state index in [1.807, 2.05) is 6.92 Å². The van der Waals surface area contributed by atoms with Crippen molar-refractivity contribution in [3.63, 3.8) is 0 Å². The van der Waals surface area contributed by atoms with Crippen molar-refractivity contribution in [1.29, 1.82) is 0 Å². The minimum atomic E-state index is -0.425. The number of hydrogen-bond donors (Lipinski definition) is 1. The molecular formula is C13H13FIN3O. The van der Waals surface area contributed by atoms with Gasteiger partial charge in [0.25, 0.3) is 0 Å². The minimum absolute atomic E-state index is 0.208. The first-order valence-corrected chi connectivity index (χ1v) is 6.70. The molecule has 0 aliphatic carbocycles. The smallest absolute Gasteiger partial charge is 0.165 e. The average Bonchev–Trinajstić information content (AvgIpc) is 2.41. The van der Waals surface area contributed by atoms with Gasteiger partial charge in [-0.3, -0.25) is 0 Å². The molecule has 4 nitrogen and oxygen atoms in total. The molecule has 2 rings (SSSR count). The fraction of sp³-hybridized carbons (Fsp3) is 0.231. The SMILES string of the molecule is CNc1nc(-c2ccc(OC)c(F)c2)nc(C)c1I. The van der Waals surface area contributed by atoms with Crippen LogP contribution in [0.2, 0.25) is 0 Å². The predicted molar refractivity (Wildman–Crippen MR) is 81.0 cm³/mol. The summed E-state index contributed by atoms with van der Waals surface area (Å²) < 4.78 is 19.6. The van der Waals surface area contributed by atoms with E-state index in [9.17, 15) is 4.39 Å². The van der Waals surface area contributed by atoms with Gasteiger partial charge in [0, 0.05) is 12.6 Å². The van der Waals surface area contributed by atoms with Crippen molar-refractivity contribution in [3.8, 4) is 17.1 Å². The van der Waals surface area contributed by atoms with Gasteiger partial charge in [-0.2, -0.15) is 0 Å². The largest absolute Gasteiger partial charge is 0.494 e. The Morgan fingerprint density at radius 1 is 1.32 bits per heavy atom. The molecule has 0 amide bonds. The van der Waals surface area contributed by atoms with Crippen molar-refractivity contribution in [2.75, 3.05) is 19.5 Å². The Morgan fingerprint density at radius 3 is 2.63 bits per heavy atom. The summed E-state index contributed by atoms with van der Waals surface area (Å²) in [7, 11) is 3.23. The molecular weight excluding hydrogens is 360 g/mol. The number of aryl methyl sites for hydroxylation is 1. The van der Waals surface area contributed by atoms with Crippen molar-refractivity contribution in [2.24, 2.45) is 0 Å². The lowest BCUT2D eigenvalue weighted by molar-refractivity contribution is 0.386. The van der Waals surface area contributed by atoms with Crippen molar-refractivity contribution in [3.05, 3.63) is 33.3 Å². The second-order valence-electron chi connectivity index (χ2n) is 3.89. The Hall–Kier alpha value is -1.44. The summed E-state index contributed by atoms with van der Waals surface area (Å²) >= 11 is 2.18. The Labute approximate surface area is 124 Å². The highest BCUT2D eigenvalue weighted by Crippen LogP contribution is 2.26. The monoisotopic (exact) mass is 373 g/mol. The zero-order valence-corrected chi connectivity index (χ0v) is 12.9. The molecule has 0 fully saturated rings. The first-order valence-electron chi connectivity index (χ1n) is 5.62. The lowest BCUT2D eigenvalue weighted by atomic mass is 10.2. The van der Waals surface area contributed by atoms with Crippen LogP contribution in [0.4, 0.5) is 10.2 Å². The topological polar surface area (TPSA) is 47.0 Å². The lowest BCUT2D eigenvalue weighted by Crippen LogP contribution is -2.03. The summed E-state index contributed by atoms with van der Waals surface area (Å²) in [5.41, 5.74) is 1.47. The van der Waals surface area contributed by atoms with Gasteiger partial charge >= 0.3 is 0 Å². The van der Waals surface area contributed by atoms with E-state index >= 15 is 0 Å². The van der Waals surface area contributed by atoms with Crippen LogP contribution < -0.4 is 10.1 Å². The maximum absolute atomic E-state index is 13.7. The van der Waals surface area contributed by atoms with Gasteiger partial charge in [-0.25, -0.2) is 14.4 Å². The molecule has 1 aromatic heterocycles. The first kappa shape index (κ1) is 14.0. The van der Waals surface area contributed by atoms with Crippen molar-refractivity contribution in [1.82, 2.24) is 9.97 Å². The number of hydrogen-bond acceptors (Lipinski definition) is 4. The summed E-state index contributed by atoms with van der Waals surface area (Å²) in [5, 5.41) is 3.01. The van der Waals surface area contributed by atoms with E-state index in [1.165, 1.54) is 13.2 Å². The molecule has 19 heavy (non-hydrogen) atoms. The van der Waals surface area contributed by atoms with Crippen LogP contribution >= 0.6 is 22.6 Å². The van der Waals surface area contributed by atoms with E-state index in [0.29, 0.717) is 11.4 Å². The number of nitrogens with one attached hydrogen (secondary N) is 1. The van der Waals surface area contributed by atoms with Crippen LogP contribution in [0.25, 0.3) is 11.4 Å². The van der Waals surface area contributed by atoms with E-state index in [2.05, 4.69) is 37.9 Å². The van der Waals surface area contributed by atoms with Crippen LogP contribution in [0.15, 0.2) is 18.2 Å². The summed E-state index contributed by atoms with van der Waals surface area (Å²) in [6.07, 6.45) is 0. The van der Waals surface area contributed by atoms with Gasteiger partial charge in [0.2, 0.25) is 0 Å². The van der Waals surface area contributed by atoms with Gasteiger partial charge in [0.05, 0.1) is 16.4 Å². The van der Waals surface area contributed by atoms with Crippen molar-refractivity contribution < 1.29 is 9.13 Å². The lowest BCUT2D eigenvalue weighted by Gasteiger charge is -2.09. The fourth-order valence-electron chi connectivity index (χ4n) is 1.66. The van der Waals surface area contributed by atoms with Crippen LogP contribution in [-0.2, 0) is 0 Å². The number of halogens is 2. The summed E-state index contributed by atoms with van der Waals surface area (Å²) in [5.74, 6) is 1.01. The molecule has 1 aromatic carbocycles. The van der Waals surface area contributed by atoms with Gasteiger partial charge in [0.1, 0.15) is 5.82 Å². The van der Waals surface area contributed by atoms with Gasteiger partial charge in [-0.05, 0) is 47.7 Å². The molecule has 0 saturated carbocycles. The van der Waals surface area contributed by atoms with E-state index in [-0.39, 0.29) is 5.75 Å². The fourth-order valence-corrected chi connectivity index (χ4v) is 2.17. The molecule has 6 heteroatoms. The zero-order chi connectivity index (χ0) is 14.0. The molecule has 0 bridgehead atoms. The molecule has 0 unspecified atom stereocenters. The highest BCUT2D eigenvalue weighted by molar-refractivity contribution is 14.1. The molecule has 1 N–H and O–H groups in total. The third kappa shape index (κ3) is 2.78. The van der Waals surface area contributed by atoms with E-state index < -0.39 is 5.82 Å². The maximum atomic E-state index is 13.7. The number of benzene rings is 1. The van der Waals surface area contributed by atoms with E-state index in [0.717, 1.165) is 15.1 Å². The summed E-state index contributed by atoms with van der Waals surface area (Å²) in [6.45, 7) is 1.90. The number of ether oxygens (including phenoxy) is 1. The van der Waals surface area contributed by atoms with Gasteiger partial charge in [-0.15, -0.1) is 0 Å². The van der Waals surface area contributed by atoms with Crippen LogP contribution in [-0.4, -0.2) is 24.1 Å². The Kier molecular flexibility index (Phi) is 4.18. The van der Waals surface area contributed by atoms with Crippen LogP contribution in [0, 0.1) is 16.3 Å². The first-order chi connectivity index (χ1) is 9.06. The van der Waals surface area contributed by atoms with Crippen LogP contribution in [0.1, 0.15) is 5.69 Å². The van der Waals surface area contributed by atoms with Gasteiger partial charge in [-0.1, -0.05) is 0 Å². The average molecular weight is 373 g/mol. The quantitative estimate of drug-likeness (QED) is 0.840. The third-order valence-electron chi connectivity index (χ3n) is 2.66. The summed E-state index contributed by atoms with van der Waals surface area (Å²) in [6, 6.07) is 4.68. The van der Waals surface area contributed by atoms with E-state index in [4.69, 9.17) is 4.74 Å². The van der Waals surface area contributed by atoms with Gasteiger partial charge < -0.3 is 10.1 Å². The molecule has 100 valence electrons. The molecule has 1 heterocycles. The summed E-state index contributed by atoms with van der Waals surface area (Å²) in [4.78, 5) is 8.76. The Bertz CT molecular complexity index is 619. The minimum Gasteiger partial charge on any atom is -0.494 e. The Morgan fingerprint density at radius 2 is 2.05 bits per heavy atom. The highest BCUT2D eigenvalue weighted by atomic mass is 127. The third-order valence-corrected chi connectivity index (χ3v) is 3.96. The number of rotatable bonds is 3. The number of anilines is 1. The van der Waals surface area contributed by atoms with E-state index in [1.54, 1.807) is 19.2 Å². The molecule has 0 radical (unpaired) electrons. The van der Waals surface area contributed by atoms with Crippen molar-refractivity contribution in [2.45, 2.75) is 6.92 Å². The van der Waals surface area contributed by atoms with Crippen LogP contribution in [0.5, 0.6) is 5.75 Å². The normalized spacial score (nSPS) is 10.4. The Balaban J connectivity index is 2.53. The molecule has 0 spiro atoms. The molecule has 0 saturated heterocycles. The number of methoxy groups -OCH3 is 1. The number of nitrogens with zero attached hydrogens (tertiary/aromatic N) is 2. The number of aromatic nitrogens is 2. The molecule has 2 aromatic rings. The predicted octanol–water partition coefficient (Wildman–Crippen LogP) is 3.25. The molecule has 0 aliphatic heterocycles. The standard InChI is InChI=1S/C13H13FIN3O/c1-7-11(15)13(16-2)18-12(17-7)8-4-5-10(19-3)9(14)6-8/h4-6H,1-3H3,(H,16,17,18). The highest BCUT2D eigenvalue weighted by Gasteiger charge is 2.11. The zero-order valence-electron chi connectivity index (χ0n) is 10.8. The molecule has 0 atom stereocenters. The second-order valence-corrected chi connectivity index (χ2v) is 4.97. The molecule has 0 aliphatic rings. The maximum Gasteiger partial charge on any atom is 0.165 e. The van der Waals surface area contributed by atoms with Crippen molar-refractivity contribution >= 4 is 28.4 Å². The van der Waals surface area contributed by atoms with Gasteiger partial charge in [0.15, 0.2) is 17.4 Å². The van der Waals surface area contributed by atoms with Crippen LogP contribution in [0.3, 0.4) is 0 Å².